The Bertz CT molecular complexity index is 700. The molecule has 122 valence electrons. The number of nitrogens with zero attached hydrogens (tertiary/aromatic N) is 3. The van der Waals surface area contributed by atoms with Crippen molar-refractivity contribution in [2.45, 2.75) is 19.8 Å². The minimum Gasteiger partial charge on any atom is -0.497 e. The van der Waals surface area contributed by atoms with E-state index in [2.05, 4.69) is 12.0 Å². The molecule has 1 fully saturated rings. The van der Waals surface area contributed by atoms with E-state index in [-0.39, 0.29) is 5.91 Å². The third-order valence-electron chi connectivity index (χ3n) is 4.54. The molecule has 2 aromatic rings. The summed E-state index contributed by atoms with van der Waals surface area (Å²) < 4.78 is 6.93. The summed E-state index contributed by atoms with van der Waals surface area (Å²) in [5, 5.41) is 4.50. The van der Waals surface area contributed by atoms with Crippen LogP contribution in [0, 0.1) is 5.92 Å². The highest BCUT2D eigenvalue weighted by Gasteiger charge is 2.24. The van der Waals surface area contributed by atoms with Crippen LogP contribution >= 0.6 is 0 Å². The number of likely N-dealkylation sites (tertiary alicyclic amines) is 1. The van der Waals surface area contributed by atoms with Gasteiger partial charge in [-0.1, -0.05) is 19.1 Å². The van der Waals surface area contributed by atoms with E-state index in [4.69, 9.17) is 4.74 Å². The van der Waals surface area contributed by atoms with Crippen molar-refractivity contribution in [2.75, 3.05) is 20.2 Å². The Morgan fingerprint density at radius 1 is 1.26 bits per heavy atom. The van der Waals surface area contributed by atoms with Crippen molar-refractivity contribution in [1.29, 1.82) is 0 Å². The fraction of sp³-hybridized carbons (Fsp3) is 0.444. The molecule has 0 bridgehead atoms. The van der Waals surface area contributed by atoms with Crippen molar-refractivity contribution in [3.63, 3.8) is 0 Å². The van der Waals surface area contributed by atoms with Crippen LogP contribution in [0.15, 0.2) is 30.3 Å². The number of piperidine rings is 1. The van der Waals surface area contributed by atoms with Crippen LogP contribution in [0.1, 0.15) is 30.3 Å². The van der Waals surface area contributed by atoms with E-state index in [0.29, 0.717) is 11.6 Å². The zero-order valence-electron chi connectivity index (χ0n) is 14.0. The van der Waals surface area contributed by atoms with Gasteiger partial charge in [0.25, 0.3) is 5.91 Å². The average molecular weight is 313 g/mol. The maximum absolute atomic E-state index is 12.7. The molecule has 5 heteroatoms. The topological polar surface area (TPSA) is 47.4 Å². The molecule has 1 aliphatic heterocycles. The summed E-state index contributed by atoms with van der Waals surface area (Å²) in [5.74, 6) is 1.56. The predicted octanol–water partition coefficient (Wildman–Crippen LogP) is 2.97. The molecule has 1 aliphatic rings. The number of methoxy groups -OCH3 is 1. The first-order chi connectivity index (χ1) is 11.1. The summed E-state index contributed by atoms with van der Waals surface area (Å²) in [6, 6.07) is 9.60. The van der Waals surface area contributed by atoms with Crippen molar-refractivity contribution >= 4 is 5.91 Å². The lowest BCUT2D eigenvalue weighted by Gasteiger charge is -2.30. The quantitative estimate of drug-likeness (QED) is 0.875. The molecule has 23 heavy (non-hydrogen) atoms. The zero-order chi connectivity index (χ0) is 16.4. The van der Waals surface area contributed by atoms with Crippen LogP contribution in [0.5, 0.6) is 5.75 Å². The highest BCUT2D eigenvalue weighted by Crippen LogP contribution is 2.24. The molecule has 0 N–H and O–H groups in total. The number of aromatic nitrogens is 2. The minimum atomic E-state index is 0.0704. The number of carbonyl (C=O) groups is 1. The Kier molecular flexibility index (Phi) is 4.37. The number of rotatable bonds is 3. The normalized spacial score (nSPS) is 15.7. The number of amides is 1. The second-order valence-corrected chi connectivity index (χ2v) is 6.25. The molecule has 1 amide bonds. The number of hydrogen-bond acceptors (Lipinski definition) is 3. The van der Waals surface area contributed by atoms with E-state index < -0.39 is 0 Å². The first-order valence-electron chi connectivity index (χ1n) is 8.06. The highest BCUT2D eigenvalue weighted by atomic mass is 16.5. The maximum atomic E-state index is 12.7. The minimum absolute atomic E-state index is 0.0704. The molecule has 0 spiro atoms. The Hall–Kier alpha value is -2.30. The van der Waals surface area contributed by atoms with Crippen LogP contribution in [-0.2, 0) is 7.05 Å². The van der Waals surface area contributed by atoms with Crippen molar-refractivity contribution in [3.05, 3.63) is 36.0 Å². The van der Waals surface area contributed by atoms with Gasteiger partial charge in [-0.05, 0) is 37.0 Å². The van der Waals surface area contributed by atoms with E-state index in [0.717, 1.165) is 42.9 Å². The van der Waals surface area contributed by atoms with Crippen molar-refractivity contribution in [1.82, 2.24) is 14.7 Å². The van der Waals surface area contributed by atoms with E-state index in [1.54, 1.807) is 11.8 Å². The number of ether oxygens (including phenoxy) is 1. The predicted molar refractivity (Wildman–Crippen MR) is 89.5 cm³/mol. The van der Waals surface area contributed by atoms with Crippen LogP contribution in [0.2, 0.25) is 0 Å². The van der Waals surface area contributed by atoms with Gasteiger partial charge >= 0.3 is 0 Å². The van der Waals surface area contributed by atoms with Gasteiger partial charge in [0.1, 0.15) is 11.4 Å². The standard InChI is InChI=1S/C18H23N3O2/c1-13-7-9-21(10-8-13)18(22)17-12-16(19-20(17)2)14-5-4-6-15(11-14)23-3/h4-6,11-13H,7-10H2,1-3H3. The number of carbonyl (C=O) groups excluding carboxylic acids is 1. The third kappa shape index (κ3) is 3.23. The fourth-order valence-electron chi connectivity index (χ4n) is 2.96. The molecule has 1 aromatic carbocycles. The summed E-state index contributed by atoms with van der Waals surface area (Å²) in [7, 11) is 3.47. The first kappa shape index (κ1) is 15.6. The average Bonchev–Trinajstić information content (AvgIpc) is 2.97. The first-order valence-corrected chi connectivity index (χ1v) is 8.06. The zero-order valence-corrected chi connectivity index (χ0v) is 14.0. The fourth-order valence-corrected chi connectivity index (χ4v) is 2.96. The van der Waals surface area contributed by atoms with Gasteiger partial charge < -0.3 is 9.64 Å². The van der Waals surface area contributed by atoms with Gasteiger partial charge in [-0.3, -0.25) is 9.48 Å². The number of aryl methyl sites for hydroxylation is 1. The second kappa shape index (κ2) is 6.44. The molecule has 0 radical (unpaired) electrons. The van der Waals surface area contributed by atoms with Gasteiger partial charge in [-0.25, -0.2) is 0 Å². The van der Waals surface area contributed by atoms with Crippen LogP contribution in [-0.4, -0.2) is 40.8 Å². The van der Waals surface area contributed by atoms with Crippen LogP contribution in [0.3, 0.4) is 0 Å². The van der Waals surface area contributed by atoms with Crippen LogP contribution in [0.25, 0.3) is 11.3 Å². The second-order valence-electron chi connectivity index (χ2n) is 6.25. The van der Waals surface area contributed by atoms with Crippen LogP contribution in [0.4, 0.5) is 0 Å². The van der Waals surface area contributed by atoms with Crippen LogP contribution < -0.4 is 4.74 Å². The Morgan fingerprint density at radius 2 is 2.00 bits per heavy atom. The van der Waals surface area contributed by atoms with E-state index in [9.17, 15) is 4.79 Å². The van der Waals surface area contributed by atoms with Gasteiger partial charge in [-0.2, -0.15) is 5.10 Å². The molecule has 2 heterocycles. The maximum Gasteiger partial charge on any atom is 0.272 e. The molecule has 5 nitrogen and oxygen atoms in total. The molecule has 0 unspecified atom stereocenters. The van der Waals surface area contributed by atoms with Crippen molar-refractivity contribution in [2.24, 2.45) is 13.0 Å². The van der Waals surface area contributed by atoms with E-state index in [1.807, 2.05) is 42.3 Å². The van der Waals surface area contributed by atoms with Crippen molar-refractivity contribution < 1.29 is 9.53 Å². The molecule has 1 saturated heterocycles. The smallest absolute Gasteiger partial charge is 0.272 e. The number of benzene rings is 1. The lowest BCUT2D eigenvalue weighted by atomic mass is 9.99. The summed E-state index contributed by atoms with van der Waals surface area (Å²) in [6.45, 7) is 3.91. The van der Waals surface area contributed by atoms with E-state index in [1.165, 1.54) is 0 Å². The third-order valence-corrected chi connectivity index (χ3v) is 4.54. The van der Waals surface area contributed by atoms with Gasteiger partial charge in [0.2, 0.25) is 0 Å². The summed E-state index contributed by atoms with van der Waals surface area (Å²) >= 11 is 0. The Morgan fingerprint density at radius 3 is 2.70 bits per heavy atom. The van der Waals surface area contributed by atoms with Gasteiger partial charge in [0.15, 0.2) is 0 Å². The highest BCUT2D eigenvalue weighted by molar-refractivity contribution is 5.93. The molecule has 0 atom stereocenters. The Balaban J connectivity index is 1.84. The van der Waals surface area contributed by atoms with Gasteiger partial charge in [0, 0.05) is 25.7 Å². The Labute approximate surface area is 136 Å². The summed E-state index contributed by atoms with van der Waals surface area (Å²) in [5.41, 5.74) is 2.38. The lowest BCUT2D eigenvalue weighted by molar-refractivity contribution is 0.0686. The molecule has 0 aliphatic carbocycles. The van der Waals surface area contributed by atoms with E-state index >= 15 is 0 Å². The molecule has 0 saturated carbocycles. The number of hydrogen-bond donors (Lipinski definition) is 0. The molecule has 1 aromatic heterocycles. The lowest BCUT2D eigenvalue weighted by Crippen LogP contribution is -2.38. The summed E-state index contributed by atoms with van der Waals surface area (Å²) in [6.07, 6.45) is 2.15. The summed E-state index contributed by atoms with van der Waals surface area (Å²) in [4.78, 5) is 14.7. The molecule has 3 rings (SSSR count). The SMILES string of the molecule is COc1cccc(-c2cc(C(=O)N3CCC(C)CC3)n(C)n2)c1. The molecular weight excluding hydrogens is 290 g/mol. The largest absolute Gasteiger partial charge is 0.497 e. The monoisotopic (exact) mass is 313 g/mol. The molecular formula is C18H23N3O2. The van der Waals surface area contributed by atoms with Gasteiger partial charge in [0.05, 0.1) is 12.8 Å². The van der Waals surface area contributed by atoms with Gasteiger partial charge in [-0.15, -0.1) is 0 Å². The van der Waals surface area contributed by atoms with Crippen molar-refractivity contribution in [3.8, 4) is 17.0 Å².